The quantitative estimate of drug-likeness (QED) is 0.800. The van der Waals surface area contributed by atoms with Crippen LogP contribution in [0.25, 0.3) is 0 Å². The largest absolute Gasteiger partial charge is 0.356 e. The molecule has 2 heterocycles. The molecule has 27 heavy (non-hydrogen) atoms. The maximum atomic E-state index is 13.4. The van der Waals surface area contributed by atoms with Crippen LogP contribution < -0.4 is 5.32 Å². The zero-order valence-corrected chi connectivity index (χ0v) is 15.4. The van der Waals surface area contributed by atoms with Crippen molar-refractivity contribution in [3.63, 3.8) is 0 Å². The Bertz CT molecular complexity index is 824. The first kappa shape index (κ1) is 17.9. The number of carbonyl (C=O) groups excluding carboxylic acids is 2. The number of carbonyl (C=O) groups is 2. The lowest BCUT2D eigenvalue weighted by molar-refractivity contribution is -0.148. The van der Waals surface area contributed by atoms with Crippen LogP contribution in [0, 0.1) is 11.3 Å². The number of hydrogen-bond donors (Lipinski definition) is 1. The number of likely N-dealkylation sites (tertiary alicyclic amines) is 1. The topological polar surface area (TPSA) is 58.6 Å². The Balaban J connectivity index is 1.52. The highest BCUT2D eigenvalue weighted by Gasteiger charge is 2.64. The monoisotopic (exact) mass is 364 g/mol. The highest BCUT2D eigenvalue weighted by atomic mass is 16.5. The summed E-state index contributed by atoms with van der Waals surface area (Å²) < 4.78 is 5.70. The first-order chi connectivity index (χ1) is 13.1. The van der Waals surface area contributed by atoms with Crippen LogP contribution in [0.15, 0.2) is 60.7 Å². The molecular formula is C22H24N2O3. The van der Waals surface area contributed by atoms with E-state index in [0.29, 0.717) is 19.6 Å². The number of fused-ring (bicyclic) bond motifs is 1. The third-order valence-corrected chi connectivity index (χ3v) is 5.90. The molecule has 2 aromatic carbocycles. The van der Waals surface area contributed by atoms with Crippen molar-refractivity contribution in [2.45, 2.75) is 26.0 Å². The molecule has 2 amide bonds. The summed E-state index contributed by atoms with van der Waals surface area (Å²) in [6.45, 7) is 2.92. The average Bonchev–Trinajstić information content (AvgIpc) is 3.12. The van der Waals surface area contributed by atoms with E-state index in [9.17, 15) is 9.59 Å². The molecule has 5 nitrogen and oxygen atoms in total. The zero-order valence-electron chi connectivity index (χ0n) is 15.4. The van der Waals surface area contributed by atoms with Crippen molar-refractivity contribution in [2.24, 2.45) is 11.3 Å². The second-order valence-corrected chi connectivity index (χ2v) is 7.42. The van der Waals surface area contributed by atoms with E-state index < -0.39 is 5.41 Å². The minimum Gasteiger partial charge on any atom is -0.356 e. The molecule has 1 N–H and O–H groups in total. The van der Waals surface area contributed by atoms with Crippen LogP contribution in [-0.4, -0.2) is 36.0 Å². The van der Waals surface area contributed by atoms with E-state index in [0.717, 1.165) is 11.1 Å². The summed E-state index contributed by atoms with van der Waals surface area (Å²) in [6.07, 6.45) is 0.562. The number of nitrogens with one attached hydrogen (secondary N) is 1. The van der Waals surface area contributed by atoms with E-state index in [4.69, 9.17) is 4.74 Å². The fraction of sp³-hybridized carbons (Fsp3) is 0.364. The molecule has 0 bridgehead atoms. The van der Waals surface area contributed by atoms with Gasteiger partial charge < -0.3 is 10.1 Å². The molecule has 2 fully saturated rings. The fourth-order valence-corrected chi connectivity index (χ4v) is 4.38. The van der Waals surface area contributed by atoms with Gasteiger partial charge in [-0.05, 0) is 24.5 Å². The number of imide groups is 1. The molecule has 2 saturated heterocycles. The number of nitrogens with zero attached hydrogens (tertiary/aromatic N) is 1. The Kier molecular flexibility index (Phi) is 4.81. The van der Waals surface area contributed by atoms with E-state index in [1.165, 1.54) is 4.90 Å². The third-order valence-electron chi connectivity index (χ3n) is 5.90. The van der Waals surface area contributed by atoms with E-state index in [-0.39, 0.29) is 30.5 Å². The normalized spacial score (nSPS) is 27.2. The minimum atomic E-state index is -0.728. The Morgan fingerprint density at radius 2 is 1.67 bits per heavy atom. The van der Waals surface area contributed by atoms with Gasteiger partial charge in [0.15, 0.2) is 0 Å². The summed E-state index contributed by atoms with van der Waals surface area (Å²) in [4.78, 5) is 27.6. The van der Waals surface area contributed by atoms with Crippen molar-refractivity contribution in [3.05, 3.63) is 71.8 Å². The van der Waals surface area contributed by atoms with E-state index in [1.807, 2.05) is 67.6 Å². The van der Waals surface area contributed by atoms with Crippen molar-refractivity contribution in [1.29, 1.82) is 0 Å². The van der Waals surface area contributed by atoms with Crippen LogP contribution in [0.3, 0.4) is 0 Å². The lowest BCUT2D eigenvalue weighted by atomic mass is 9.71. The summed E-state index contributed by atoms with van der Waals surface area (Å²) in [7, 11) is 0. The molecule has 3 atom stereocenters. The predicted octanol–water partition coefficient (Wildman–Crippen LogP) is 2.37. The SMILES string of the molecule is CC1NCC2C(=O)N(COCc3ccccc3)C(=O)C12Cc1ccccc1. The Morgan fingerprint density at radius 3 is 2.33 bits per heavy atom. The third kappa shape index (κ3) is 3.07. The molecule has 0 spiro atoms. The number of amides is 2. The molecule has 140 valence electrons. The Hall–Kier alpha value is -2.50. The lowest BCUT2D eigenvalue weighted by Crippen LogP contribution is -2.46. The van der Waals surface area contributed by atoms with Crippen molar-refractivity contribution in [2.75, 3.05) is 13.3 Å². The molecule has 2 aliphatic rings. The molecule has 0 radical (unpaired) electrons. The predicted molar refractivity (Wildman–Crippen MR) is 101 cm³/mol. The molecule has 0 aliphatic carbocycles. The van der Waals surface area contributed by atoms with Crippen LogP contribution >= 0.6 is 0 Å². The van der Waals surface area contributed by atoms with Gasteiger partial charge in [0.05, 0.1) is 17.9 Å². The standard InChI is InChI=1S/C22H24N2O3/c1-16-22(12-17-8-4-2-5-9-17)19(13-23-16)20(25)24(21(22)26)15-27-14-18-10-6-3-7-11-18/h2-11,16,19,23H,12-15H2,1H3. The average molecular weight is 364 g/mol. The van der Waals surface area contributed by atoms with Crippen LogP contribution in [0.1, 0.15) is 18.1 Å². The summed E-state index contributed by atoms with van der Waals surface area (Å²) in [5.41, 5.74) is 1.37. The lowest BCUT2D eigenvalue weighted by Gasteiger charge is -2.30. The highest BCUT2D eigenvalue weighted by molar-refractivity contribution is 6.08. The molecule has 4 rings (SSSR count). The summed E-state index contributed by atoms with van der Waals surface area (Å²) >= 11 is 0. The first-order valence-corrected chi connectivity index (χ1v) is 9.37. The van der Waals surface area contributed by atoms with Gasteiger partial charge in [-0.15, -0.1) is 0 Å². The van der Waals surface area contributed by atoms with Gasteiger partial charge in [-0.3, -0.25) is 14.5 Å². The maximum Gasteiger partial charge on any atom is 0.240 e. The molecule has 2 aromatic rings. The molecule has 3 unspecified atom stereocenters. The Morgan fingerprint density at radius 1 is 1.04 bits per heavy atom. The van der Waals surface area contributed by atoms with Crippen molar-refractivity contribution >= 4 is 11.8 Å². The second kappa shape index (κ2) is 7.25. The van der Waals surface area contributed by atoms with Crippen molar-refractivity contribution in [3.8, 4) is 0 Å². The maximum absolute atomic E-state index is 13.4. The van der Waals surface area contributed by atoms with Crippen LogP contribution in [0.2, 0.25) is 0 Å². The summed E-state index contributed by atoms with van der Waals surface area (Å²) in [5.74, 6) is -0.576. The van der Waals surface area contributed by atoms with E-state index in [1.54, 1.807) is 0 Å². The second-order valence-electron chi connectivity index (χ2n) is 7.42. The van der Waals surface area contributed by atoms with Gasteiger partial charge in [0.1, 0.15) is 6.73 Å². The minimum absolute atomic E-state index is 0.00627. The molecule has 5 heteroatoms. The van der Waals surface area contributed by atoms with Crippen molar-refractivity contribution in [1.82, 2.24) is 10.2 Å². The molecule has 2 aliphatic heterocycles. The fourth-order valence-electron chi connectivity index (χ4n) is 4.38. The van der Waals surface area contributed by atoms with E-state index in [2.05, 4.69) is 5.32 Å². The van der Waals surface area contributed by atoms with Gasteiger partial charge in [-0.2, -0.15) is 0 Å². The molecular weight excluding hydrogens is 340 g/mol. The Labute approximate surface area is 159 Å². The number of benzene rings is 2. The van der Waals surface area contributed by atoms with Gasteiger partial charge in [0.2, 0.25) is 11.8 Å². The smallest absolute Gasteiger partial charge is 0.240 e. The van der Waals surface area contributed by atoms with E-state index >= 15 is 0 Å². The molecule has 0 saturated carbocycles. The number of rotatable bonds is 6. The van der Waals surface area contributed by atoms with Crippen molar-refractivity contribution < 1.29 is 14.3 Å². The number of ether oxygens (including phenoxy) is 1. The van der Waals surface area contributed by atoms with Gasteiger partial charge in [-0.1, -0.05) is 60.7 Å². The van der Waals surface area contributed by atoms with Crippen LogP contribution in [0.4, 0.5) is 0 Å². The van der Waals surface area contributed by atoms with Crippen LogP contribution in [-0.2, 0) is 27.4 Å². The van der Waals surface area contributed by atoms with Gasteiger partial charge in [0.25, 0.3) is 0 Å². The van der Waals surface area contributed by atoms with Gasteiger partial charge >= 0.3 is 0 Å². The zero-order chi connectivity index (χ0) is 18.9. The summed E-state index contributed by atoms with van der Waals surface area (Å²) in [6, 6.07) is 19.6. The van der Waals surface area contributed by atoms with Crippen LogP contribution in [0.5, 0.6) is 0 Å². The highest BCUT2D eigenvalue weighted by Crippen LogP contribution is 2.47. The van der Waals surface area contributed by atoms with Gasteiger partial charge in [-0.25, -0.2) is 0 Å². The summed E-state index contributed by atoms with van der Waals surface area (Å²) in [5, 5.41) is 3.34. The number of hydrogen-bond acceptors (Lipinski definition) is 4. The molecule has 0 aromatic heterocycles. The first-order valence-electron chi connectivity index (χ1n) is 9.37. The van der Waals surface area contributed by atoms with Gasteiger partial charge in [0, 0.05) is 12.6 Å².